The Labute approximate surface area is 144 Å². The smallest absolute Gasteiger partial charge is 0.174 e. The van der Waals surface area contributed by atoms with Gasteiger partial charge in [-0.05, 0) is 73.1 Å². The SMILES string of the molecule is COc1ccc2c(c1)CC[C@@H]1C2CC[C@@]2(C)[C@H]1CCC21OCCO1. The van der Waals surface area contributed by atoms with E-state index in [1.165, 1.54) is 37.7 Å². The maximum Gasteiger partial charge on any atom is 0.174 e. The van der Waals surface area contributed by atoms with Crippen LogP contribution in [-0.2, 0) is 15.9 Å². The van der Waals surface area contributed by atoms with Gasteiger partial charge >= 0.3 is 0 Å². The van der Waals surface area contributed by atoms with Crippen LogP contribution in [-0.4, -0.2) is 26.1 Å². The average molecular weight is 328 g/mol. The third kappa shape index (κ3) is 1.86. The Morgan fingerprint density at radius 1 is 1.08 bits per heavy atom. The normalized spacial score (nSPS) is 39.3. The van der Waals surface area contributed by atoms with E-state index in [-0.39, 0.29) is 11.2 Å². The highest BCUT2D eigenvalue weighted by Crippen LogP contribution is 2.66. The van der Waals surface area contributed by atoms with Crippen molar-refractivity contribution in [2.75, 3.05) is 20.3 Å². The van der Waals surface area contributed by atoms with Crippen LogP contribution in [0.5, 0.6) is 5.75 Å². The monoisotopic (exact) mass is 328 g/mol. The van der Waals surface area contributed by atoms with Gasteiger partial charge in [-0.15, -0.1) is 0 Å². The average Bonchev–Trinajstić information content (AvgIpc) is 3.21. The third-order valence-electron chi connectivity index (χ3n) is 7.73. The highest BCUT2D eigenvalue weighted by Gasteiger charge is 2.64. The topological polar surface area (TPSA) is 27.7 Å². The van der Waals surface area contributed by atoms with Gasteiger partial charge in [-0.2, -0.15) is 0 Å². The van der Waals surface area contributed by atoms with E-state index in [1.54, 1.807) is 12.7 Å². The van der Waals surface area contributed by atoms with Gasteiger partial charge in [0.15, 0.2) is 5.79 Å². The van der Waals surface area contributed by atoms with Gasteiger partial charge in [0.2, 0.25) is 0 Å². The van der Waals surface area contributed by atoms with E-state index in [9.17, 15) is 0 Å². The Morgan fingerprint density at radius 3 is 2.71 bits per heavy atom. The number of hydrogen-bond acceptors (Lipinski definition) is 3. The molecule has 1 unspecified atom stereocenters. The van der Waals surface area contributed by atoms with Crippen molar-refractivity contribution in [2.45, 2.75) is 57.2 Å². The molecule has 0 aromatic heterocycles. The van der Waals surface area contributed by atoms with E-state index < -0.39 is 0 Å². The molecule has 3 aliphatic carbocycles. The Morgan fingerprint density at radius 2 is 1.92 bits per heavy atom. The fourth-order valence-electron chi connectivity index (χ4n) is 6.57. The van der Waals surface area contributed by atoms with Gasteiger partial charge in [-0.1, -0.05) is 13.0 Å². The molecule has 2 saturated carbocycles. The van der Waals surface area contributed by atoms with Crippen molar-refractivity contribution < 1.29 is 14.2 Å². The number of aryl methyl sites for hydroxylation is 1. The van der Waals surface area contributed by atoms with Crippen LogP contribution in [0.3, 0.4) is 0 Å². The summed E-state index contributed by atoms with van der Waals surface area (Å²) in [5.41, 5.74) is 3.30. The first-order valence-electron chi connectivity index (χ1n) is 9.62. The molecule has 0 amide bonds. The van der Waals surface area contributed by atoms with Gasteiger partial charge in [-0.3, -0.25) is 0 Å². The van der Waals surface area contributed by atoms with E-state index in [2.05, 4.69) is 25.1 Å². The Bertz CT molecular complexity index is 648. The molecule has 1 aromatic rings. The first-order valence-corrected chi connectivity index (χ1v) is 9.62. The third-order valence-corrected chi connectivity index (χ3v) is 7.73. The summed E-state index contributed by atoms with van der Waals surface area (Å²) in [5, 5.41) is 0. The molecule has 1 saturated heterocycles. The molecule has 130 valence electrons. The van der Waals surface area contributed by atoms with Crippen molar-refractivity contribution in [2.24, 2.45) is 17.3 Å². The second kappa shape index (κ2) is 5.22. The van der Waals surface area contributed by atoms with Crippen molar-refractivity contribution in [1.29, 1.82) is 0 Å². The maximum absolute atomic E-state index is 6.21. The molecule has 4 atom stereocenters. The molecule has 1 spiro atoms. The summed E-state index contributed by atoms with van der Waals surface area (Å²) in [7, 11) is 1.76. The molecular formula is C21H28O3. The van der Waals surface area contributed by atoms with Crippen molar-refractivity contribution >= 4 is 0 Å². The first-order chi connectivity index (χ1) is 11.7. The standard InChI is InChI=1S/C21H28O3/c1-20-9-7-17-16-6-4-15(22-2)13-14(16)3-5-18(17)19(20)8-10-21(20)23-11-12-24-21/h4,6,13,17-19H,3,5,7-12H2,1-2H3/t17?,18-,19+,20+/m1/s1. The van der Waals surface area contributed by atoms with Crippen molar-refractivity contribution in [3.05, 3.63) is 29.3 Å². The summed E-state index contributed by atoms with van der Waals surface area (Å²) in [6.07, 6.45) is 7.35. The molecule has 0 bridgehead atoms. The van der Waals surface area contributed by atoms with Crippen LogP contribution in [0.2, 0.25) is 0 Å². The minimum Gasteiger partial charge on any atom is -0.497 e. The summed E-state index contributed by atoms with van der Waals surface area (Å²) in [5.74, 6) is 2.97. The predicted octanol–water partition coefficient (Wildman–Crippen LogP) is 4.29. The fourth-order valence-corrected chi connectivity index (χ4v) is 6.57. The van der Waals surface area contributed by atoms with Crippen molar-refractivity contribution in [1.82, 2.24) is 0 Å². The van der Waals surface area contributed by atoms with Crippen LogP contribution in [0.15, 0.2) is 18.2 Å². The van der Waals surface area contributed by atoms with E-state index in [4.69, 9.17) is 14.2 Å². The Balaban J connectivity index is 1.49. The molecule has 1 aliphatic heterocycles. The van der Waals surface area contributed by atoms with Gasteiger partial charge in [0.05, 0.1) is 20.3 Å². The second-order valence-corrected chi connectivity index (χ2v) is 8.42. The second-order valence-electron chi connectivity index (χ2n) is 8.42. The molecule has 0 N–H and O–H groups in total. The molecule has 3 nitrogen and oxygen atoms in total. The van der Waals surface area contributed by atoms with Crippen LogP contribution in [0.1, 0.15) is 56.1 Å². The van der Waals surface area contributed by atoms with E-state index >= 15 is 0 Å². The van der Waals surface area contributed by atoms with Crippen LogP contribution in [0.25, 0.3) is 0 Å². The summed E-state index contributed by atoms with van der Waals surface area (Å²) in [6, 6.07) is 6.74. The van der Waals surface area contributed by atoms with Gasteiger partial charge in [0, 0.05) is 11.8 Å². The first kappa shape index (κ1) is 15.2. The lowest BCUT2D eigenvalue weighted by atomic mass is 9.55. The molecular weight excluding hydrogens is 300 g/mol. The number of rotatable bonds is 1. The minimum atomic E-state index is -0.275. The molecule has 5 rings (SSSR count). The van der Waals surface area contributed by atoms with Crippen LogP contribution in [0.4, 0.5) is 0 Å². The molecule has 3 fully saturated rings. The zero-order valence-corrected chi connectivity index (χ0v) is 14.8. The number of methoxy groups -OCH3 is 1. The largest absolute Gasteiger partial charge is 0.497 e. The molecule has 24 heavy (non-hydrogen) atoms. The lowest BCUT2D eigenvalue weighted by molar-refractivity contribution is -0.237. The summed E-state index contributed by atoms with van der Waals surface area (Å²) < 4.78 is 17.9. The number of ether oxygens (including phenoxy) is 3. The van der Waals surface area contributed by atoms with E-state index in [0.29, 0.717) is 5.92 Å². The number of fused-ring (bicyclic) bond motifs is 6. The van der Waals surface area contributed by atoms with Crippen molar-refractivity contribution in [3.8, 4) is 5.75 Å². The summed E-state index contributed by atoms with van der Waals surface area (Å²) in [4.78, 5) is 0. The van der Waals surface area contributed by atoms with Crippen LogP contribution >= 0.6 is 0 Å². The molecule has 4 aliphatic rings. The summed E-state index contributed by atoms with van der Waals surface area (Å²) >= 11 is 0. The zero-order chi connectivity index (χ0) is 16.4. The predicted molar refractivity (Wildman–Crippen MR) is 92.2 cm³/mol. The molecule has 3 heteroatoms. The number of benzene rings is 1. The van der Waals surface area contributed by atoms with Gasteiger partial charge in [-0.25, -0.2) is 0 Å². The van der Waals surface area contributed by atoms with Gasteiger partial charge in [0.1, 0.15) is 5.75 Å². The minimum absolute atomic E-state index is 0.203. The van der Waals surface area contributed by atoms with E-state index in [1.807, 2.05) is 0 Å². The molecule has 0 radical (unpaired) electrons. The highest BCUT2D eigenvalue weighted by molar-refractivity contribution is 5.40. The van der Waals surface area contributed by atoms with Crippen LogP contribution in [0, 0.1) is 17.3 Å². The molecule has 1 heterocycles. The summed E-state index contributed by atoms with van der Waals surface area (Å²) in [6.45, 7) is 4.01. The van der Waals surface area contributed by atoms with E-state index in [0.717, 1.165) is 37.2 Å². The lowest BCUT2D eigenvalue weighted by Crippen LogP contribution is -2.51. The van der Waals surface area contributed by atoms with Gasteiger partial charge < -0.3 is 14.2 Å². The van der Waals surface area contributed by atoms with Crippen LogP contribution < -0.4 is 4.74 Å². The van der Waals surface area contributed by atoms with Gasteiger partial charge in [0.25, 0.3) is 0 Å². The fraction of sp³-hybridized carbons (Fsp3) is 0.714. The highest BCUT2D eigenvalue weighted by atomic mass is 16.7. The zero-order valence-electron chi connectivity index (χ0n) is 14.8. The molecule has 1 aromatic carbocycles. The Kier molecular flexibility index (Phi) is 3.31. The number of hydrogen-bond donors (Lipinski definition) is 0. The lowest BCUT2D eigenvalue weighted by Gasteiger charge is -2.52. The maximum atomic E-state index is 6.21. The Hall–Kier alpha value is -1.06. The van der Waals surface area contributed by atoms with Crippen molar-refractivity contribution in [3.63, 3.8) is 0 Å². The quantitative estimate of drug-likeness (QED) is 0.769.